The molecule has 31 heavy (non-hydrogen) atoms. The van der Waals surface area contributed by atoms with Gasteiger partial charge in [0.05, 0.1) is 21.3 Å². The van der Waals surface area contributed by atoms with Crippen LogP contribution < -0.4 is 0 Å². The van der Waals surface area contributed by atoms with Crippen molar-refractivity contribution in [2.24, 2.45) is 0 Å². The SMILES string of the molecule is CC(C)(O)C#Cc1cc2c(cn1)c(CCC(C)(C)O)cn2-c1nc(Cl)nc2ccsc12. The van der Waals surface area contributed by atoms with Gasteiger partial charge >= 0.3 is 0 Å². The maximum Gasteiger partial charge on any atom is 0.224 e. The first-order chi connectivity index (χ1) is 14.5. The third kappa shape index (κ3) is 4.89. The maximum absolute atomic E-state index is 10.2. The van der Waals surface area contributed by atoms with E-state index in [0.717, 1.165) is 26.7 Å². The van der Waals surface area contributed by atoms with Gasteiger partial charge in [0.2, 0.25) is 5.28 Å². The molecule has 0 fully saturated rings. The standard InChI is InChI=1S/C23H23ClN4O2S/c1-22(2,29)8-5-14-13-28(20-19-17(7-10-31-19)26-21(24)27-20)18-11-15(25-12-16(14)18)6-9-23(3,4)30/h7,10-13,29-30H,5,8H2,1-4H3. The van der Waals surface area contributed by atoms with E-state index in [1.54, 1.807) is 45.2 Å². The first-order valence-corrected chi connectivity index (χ1v) is 11.1. The van der Waals surface area contributed by atoms with Gasteiger partial charge in [-0.15, -0.1) is 11.3 Å². The molecule has 6 nitrogen and oxygen atoms in total. The number of halogens is 1. The number of thiophene rings is 1. The van der Waals surface area contributed by atoms with E-state index in [1.165, 1.54) is 0 Å². The average molecular weight is 455 g/mol. The van der Waals surface area contributed by atoms with Crippen LogP contribution in [0.25, 0.3) is 26.9 Å². The molecule has 0 amide bonds. The Morgan fingerprint density at radius 3 is 2.68 bits per heavy atom. The highest BCUT2D eigenvalue weighted by Crippen LogP contribution is 2.32. The summed E-state index contributed by atoms with van der Waals surface area (Å²) in [7, 11) is 0. The van der Waals surface area contributed by atoms with E-state index in [4.69, 9.17) is 11.6 Å². The van der Waals surface area contributed by atoms with Gasteiger partial charge in [0.25, 0.3) is 0 Å². The van der Waals surface area contributed by atoms with Crippen molar-refractivity contribution in [2.45, 2.75) is 51.7 Å². The molecule has 4 heterocycles. The van der Waals surface area contributed by atoms with Crippen LogP contribution in [0.3, 0.4) is 0 Å². The van der Waals surface area contributed by atoms with E-state index in [1.807, 2.05) is 28.3 Å². The molecular weight excluding hydrogens is 432 g/mol. The fraction of sp³-hybridized carbons (Fsp3) is 0.348. The zero-order valence-electron chi connectivity index (χ0n) is 17.8. The van der Waals surface area contributed by atoms with Crippen molar-refractivity contribution in [2.75, 3.05) is 0 Å². The first-order valence-electron chi connectivity index (χ1n) is 9.89. The van der Waals surface area contributed by atoms with Crippen molar-refractivity contribution in [3.8, 4) is 17.7 Å². The van der Waals surface area contributed by atoms with Crippen molar-refractivity contribution < 1.29 is 10.2 Å². The lowest BCUT2D eigenvalue weighted by molar-refractivity contribution is 0.0715. The molecule has 0 bridgehead atoms. The van der Waals surface area contributed by atoms with Crippen LogP contribution in [0.4, 0.5) is 0 Å². The van der Waals surface area contributed by atoms with Gasteiger partial charge in [0.1, 0.15) is 11.3 Å². The number of aromatic nitrogens is 4. The number of hydrogen-bond donors (Lipinski definition) is 2. The second kappa shape index (κ2) is 7.88. The fourth-order valence-electron chi connectivity index (χ4n) is 3.27. The molecule has 0 aromatic carbocycles. The van der Waals surface area contributed by atoms with Crippen molar-refractivity contribution in [1.82, 2.24) is 19.5 Å². The molecule has 160 valence electrons. The zero-order chi connectivity index (χ0) is 22.4. The van der Waals surface area contributed by atoms with Gasteiger partial charge in [-0.2, -0.15) is 4.98 Å². The number of pyridine rings is 1. The lowest BCUT2D eigenvalue weighted by atomic mass is 9.99. The minimum Gasteiger partial charge on any atom is -0.390 e. The quantitative estimate of drug-likeness (QED) is 0.350. The van der Waals surface area contributed by atoms with Crippen molar-refractivity contribution in [3.05, 3.63) is 46.4 Å². The Morgan fingerprint density at radius 2 is 1.97 bits per heavy atom. The van der Waals surface area contributed by atoms with Gasteiger partial charge < -0.3 is 10.2 Å². The smallest absolute Gasteiger partial charge is 0.224 e. The predicted molar refractivity (Wildman–Crippen MR) is 125 cm³/mol. The van der Waals surface area contributed by atoms with Gasteiger partial charge in [-0.1, -0.05) is 5.92 Å². The fourth-order valence-corrected chi connectivity index (χ4v) is 4.26. The molecule has 4 rings (SSSR count). The maximum atomic E-state index is 10.2. The lowest BCUT2D eigenvalue weighted by Gasteiger charge is -2.16. The van der Waals surface area contributed by atoms with Gasteiger partial charge in [-0.25, -0.2) is 9.97 Å². The first kappa shape index (κ1) is 21.7. The number of hydrogen-bond acceptors (Lipinski definition) is 6. The predicted octanol–water partition coefficient (Wildman–Crippen LogP) is 4.51. The molecule has 0 saturated heterocycles. The number of fused-ring (bicyclic) bond motifs is 2. The molecule has 0 aliphatic carbocycles. The number of nitrogens with zero attached hydrogens (tertiary/aromatic N) is 4. The summed E-state index contributed by atoms with van der Waals surface area (Å²) in [5.41, 5.74) is 1.37. The summed E-state index contributed by atoms with van der Waals surface area (Å²) < 4.78 is 2.91. The second-order valence-corrected chi connectivity index (χ2v) is 9.94. The topological polar surface area (TPSA) is 84.1 Å². The zero-order valence-corrected chi connectivity index (χ0v) is 19.3. The number of aliphatic hydroxyl groups is 2. The van der Waals surface area contributed by atoms with Gasteiger partial charge in [0, 0.05) is 17.8 Å². The third-order valence-electron chi connectivity index (χ3n) is 4.76. The second-order valence-electron chi connectivity index (χ2n) is 8.68. The summed E-state index contributed by atoms with van der Waals surface area (Å²) in [5, 5.41) is 23.2. The van der Waals surface area contributed by atoms with Gasteiger partial charge in [0.15, 0.2) is 5.82 Å². The van der Waals surface area contributed by atoms with Crippen LogP contribution in [0, 0.1) is 11.8 Å². The Balaban J connectivity index is 1.93. The molecule has 0 atom stereocenters. The normalized spacial score (nSPS) is 12.4. The van der Waals surface area contributed by atoms with Crippen molar-refractivity contribution in [1.29, 1.82) is 0 Å². The molecule has 0 unspecified atom stereocenters. The van der Waals surface area contributed by atoms with Crippen LogP contribution in [0.1, 0.15) is 45.4 Å². The van der Waals surface area contributed by atoms with Crippen molar-refractivity contribution in [3.63, 3.8) is 0 Å². The average Bonchev–Trinajstić information content (AvgIpc) is 3.27. The summed E-state index contributed by atoms with van der Waals surface area (Å²) in [6, 6.07) is 3.80. The van der Waals surface area contributed by atoms with Crippen LogP contribution in [-0.2, 0) is 6.42 Å². The molecule has 0 aliphatic rings. The molecule has 0 saturated carbocycles. The summed E-state index contributed by atoms with van der Waals surface area (Å²) in [6.45, 7) is 6.86. The Labute approximate surface area is 189 Å². The van der Waals surface area contributed by atoms with E-state index >= 15 is 0 Å². The summed E-state index contributed by atoms with van der Waals surface area (Å²) in [5.74, 6) is 6.44. The summed E-state index contributed by atoms with van der Waals surface area (Å²) in [6.07, 6.45) is 5.08. The third-order valence-corrected chi connectivity index (χ3v) is 5.83. The largest absolute Gasteiger partial charge is 0.390 e. The van der Waals surface area contributed by atoms with Crippen molar-refractivity contribution >= 4 is 44.1 Å². The highest BCUT2D eigenvalue weighted by Gasteiger charge is 2.19. The molecule has 0 aliphatic heterocycles. The minimum atomic E-state index is -1.11. The van der Waals surface area contributed by atoms with E-state index in [-0.39, 0.29) is 5.28 Å². The molecule has 0 spiro atoms. The molecule has 4 aromatic heterocycles. The van der Waals surface area contributed by atoms with Crippen LogP contribution in [-0.4, -0.2) is 40.9 Å². The van der Waals surface area contributed by atoms with E-state index in [2.05, 4.69) is 26.8 Å². The highest BCUT2D eigenvalue weighted by atomic mass is 35.5. The number of aryl methyl sites for hydroxylation is 1. The Morgan fingerprint density at radius 1 is 1.19 bits per heavy atom. The van der Waals surface area contributed by atoms with Crippen LogP contribution >= 0.6 is 22.9 Å². The molecular formula is C23H23ClN4O2S. The van der Waals surface area contributed by atoms with Crippen LogP contribution in [0.2, 0.25) is 5.28 Å². The Hall–Kier alpha value is -2.50. The Bertz CT molecular complexity index is 1330. The highest BCUT2D eigenvalue weighted by molar-refractivity contribution is 7.17. The van der Waals surface area contributed by atoms with Gasteiger partial charge in [-0.3, -0.25) is 4.57 Å². The summed E-state index contributed by atoms with van der Waals surface area (Å²) >= 11 is 7.76. The monoisotopic (exact) mass is 454 g/mol. The molecule has 4 aromatic rings. The van der Waals surface area contributed by atoms with E-state index in [0.29, 0.717) is 24.4 Å². The molecule has 8 heteroatoms. The minimum absolute atomic E-state index is 0.178. The van der Waals surface area contributed by atoms with E-state index < -0.39 is 11.2 Å². The van der Waals surface area contributed by atoms with Crippen LogP contribution in [0.15, 0.2) is 29.9 Å². The lowest BCUT2D eigenvalue weighted by Crippen LogP contribution is -2.19. The summed E-state index contributed by atoms with van der Waals surface area (Å²) in [4.78, 5) is 13.3. The number of rotatable bonds is 4. The van der Waals surface area contributed by atoms with Crippen LogP contribution in [0.5, 0.6) is 0 Å². The molecule has 2 N–H and O–H groups in total. The van der Waals surface area contributed by atoms with Gasteiger partial charge in [-0.05, 0) is 81.1 Å². The van der Waals surface area contributed by atoms with E-state index in [9.17, 15) is 10.2 Å². The Kier molecular flexibility index (Phi) is 5.52. The molecule has 0 radical (unpaired) electrons.